The Morgan fingerprint density at radius 2 is 1.65 bits per heavy atom. The van der Waals surface area contributed by atoms with E-state index in [2.05, 4.69) is 13.8 Å². The number of carbonyl (C=O) groups is 1. The Hall–Kier alpha value is -0.330. The quantitative estimate of drug-likeness (QED) is 0.509. The molecule has 17 heavy (non-hydrogen) atoms. The third-order valence-corrected chi connectivity index (χ3v) is 4.30. The number of carbonyl (C=O) groups excluding carboxylic acids is 1. The molecule has 1 fully saturated rings. The summed E-state index contributed by atoms with van der Waals surface area (Å²) in [5.74, 6) is 1.63. The third-order valence-electron chi connectivity index (χ3n) is 4.30. The summed E-state index contributed by atoms with van der Waals surface area (Å²) in [5, 5.41) is 0. The van der Waals surface area contributed by atoms with Crippen LogP contribution in [-0.2, 0) is 4.79 Å². The van der Waals surface area contributed by atoms with Gasteiger partial charge in [-0.1, -0.05) is 58.8 Å². The van der Waals surface area contributed by atoms with Gasteiger partial charge in [0.15, 0.2) is 0 Å². The van der Waals surface area contributed by atoms with Crippen LogP contribution in [0.5, 0.6) is 0 Å². The van der Waals surface area contributed by atoms with Gasteiger partial charge in [0, 0.05) is 12.3 Å². The normalized spacial score (nSPS) is 24.1. The zero-order chi connectivity index (χ0) is 12.5. The van der Waals surface area contributed by atoms with Crippen molar-refractivity contribution in [3.8, 4) is 0 Å². The fourth-order valence-corrected chi connectivity index (χ4v) is 3.07. The molecule has 100 valence electrons. The maximum Gasteiger partial charge on any atom is 0.136 e. The van der Waals surface area contributed by atoms with Gasteiger partial charge in [-0.3, -0.25) is 4.79 Å². The van der Waals surface area contributed by atoms with Crippen molar-refractivity contribution in [2.45, 2.75) is 84.5 Å². The van der Waals surface area contributed by atoms with Gasteiger partial charge in [-0.2, -0.15) is 0 Å². The zero-order valence-electron chi connectivity index (χ0n) is 11.8. The Kier molecular flexibility index (Phi) is 7.55. The average molecular weight is 238 g/mol. The maximum absolute atomic E-state index is 12.0. The molecule has 0 aliphatic heterocycles. The van der Waals surface area contributed by atoms with Crippen molar-refractivity contribution in [2.75, 3.05) is 0 Å². The fraction of sp³-hybridized carbons (Fsp3) is 0.938. The van der Waals surface area contributed by atoms with Crippen LogP contribution < -0.4 is 0 Å². The zero-order valence-corrected chi connectivity index (χ0v) is 11.8. The van der Waals surface area contributed by atoms with Crippen LogP contribution >= 0.6 is 0 Å². The molecule has 1 heteroatoms. The second-order valence-electron chi connectivity index (χ2n) is 5.85. The van der Waals surface area contributed by atoms with Crippen molar-refractivity contribution in [2.24, 2.45) is 11.8 Å². The summed E-state index contributed by atoms with van der Waals surface area (Å²) in [6.07, 6.45) is 13.7. The Labute approximate surface area is 107 Å². The average Bonchev–Trinajstić information content (AvgIpc) is 2.74. The first-order valence-corrected chi connectivity index (χ1v) is 7.78. The molecule has 0 aromatic rings. The Morgan fingerprint density at radius 3 is 2.24 bits per heavy atom. The molecule has 0 radical (unpaired) electrons. The Bertz CT molecular complexity index is 210. The van der Waals surface area contributed by atoms with Gasteiger partial charge in [0.1, 0.15) is 5.78 Å². The second kappa shape index (κ2) is 8.72. The highest BCUT2D eigenvalue weighted by molar-refractivity contribution is 5.81. The Morgan fingerprint density at radius 1 is 1.00 bits per heavy atom. The second-order valence-corrected chi connectivity index (χ2v) is 5.85. The van der Waals surface area contributed by atoms with E-state index in [-0.39, 0.29) is 0 Å². The summed E-state index contributed by atoms with van der Waals surface area (Å²) in [6.45, 7) is 4.50. The summed E-state index contributed by atoms with van der Waals surface area (Å²) in [4.78, 5) is 12.0. The molecule has 0 saturated heterocycles. The predicted molar refractivity (Wildman–Crippen MR) is 74.1 cm³/mol. The van der Waals surface area contributed by atoms with E-state index in [1.54, 1.807) is 0 Å². The lowest BCUT2D eigenvalue weighted by atomic mass is 9.90. The predicted octanol–water partition coefficient (Wildman–Crippen LogP) is 5.13. The SMILES string of the molecule is CCCCCCCCCC(=O)C1CCCC1C. The molecule has 0 heterocycles. The fourth-order valence-electron chi connectivity index (χ4n) is 3.07. The molecular formula is C16H30O. The van der Waals surface area contributed by atoms with E-state index in [1.165, 1.54) is 51.4 Å². The first kappa shape index (κ1) is 14.7. The molecule has 0 bridgehead atoms. The topological polar surface area (TPSA) is 17.1 Å². The van der Waals surface area contributed by atoms with Crippen LogP contribution in [0.25, 0.3) is 0 Å². The first-order valence-electron chi connectivity index (χ1n) is 7.78. The van der Waals surface area contributed by atoms with Gasteiger partial charge in [-0.05, 0) is 25.2 Å². The van der Waals surface area contributed by atoms with Crippen LogP contribution in [0.2, 0.25) is 0 Å². The van der Waals surface area contributed by atoms with Crippen molar-refractivity contribution in [1.29, 1.82) is 0 Å². The number of Topliss-reactive ketones (excluding diaryl/α,β-unsaturated/α-hetero) is 1. The van der Waals surface area contributed by atoms with Crippen LogP contribution in [0.4, 0.5) is 0 Å². The molecule has 0 aromatic heterocycles. The molecule has 1 nitrogen and oxygen atoms in total. The molecule has 0 N–H and O–H groups in total. The highest BCUT2D eigenvalue weighted by Crippen LogP contribution is 2.32. The number of unbranched alkanes of at least 4 members (excludes halogenated alkanes) is 6. The molecule has 0 amide bonds. The highest BCUT2D eigenvalue weighted by atomic mass is 16.1. The molecule has 1 aliphatic rings. The van der Waals surface area contributed by atoms with Gasteiger partial charge >= 0.3 is 0 Å². The highest BCUT2D eigenvalue weighted by Gasteiger charge is 2.28. The van der Waals surface area contributed by atoms with Crippen LogP contribution in [0, 0.1) is 11.8 Å². The number of hydrogen-bond donors (Lipinski definition) is 0. The van der Waals surface area contributed by atoms with E-state index in [1.807, 2.05) is 0 Å². The molecule has 1 saturated carbocycles. The maximum atomic E-state index is 12.0. The van der Waals surface area contributed by atoms with Gasteiger partial charge in [0.05, 0.1) is 0 Å². The first-order chi connectivity index (χ1) is 8.25. The van der Waals surface area contributed by atoms with E-state index < -0.39 is 0 Å². The van der Waals surface area contributed by atoms with Gasteiger partial charge in [0.2, 0.25) is 0 Å². The molecule has 0 spiro atoms. The summed E-state index contributed by atoms with van der Waals surface area (Å²) < 4.78 is 0. The molecule has 0 aromatic carbocycles. The summed E-state index contributed by atoms with van der Waals surface area (Å²) >= 11 is 0. The minimum Gasteiger partial charge on any atom is -0.299 e. The van der Waals surface area contributed by atoms with Crippen LogP contribution in [0.3, 0.4) is 0 Å². The monoisotopic (exact) mass is 238 g/mol. The minimum absolute atomic E-state index is 0.412. The lowest BCUT2D eigenvalue weighted by molar-refractivity contribution is -0.123. The molecule has 1 aliphatic carbocycles. The van der Waals surface area contributed by atoms with Crippen LogP contribution in [-0.4, -0.2) is 5.78 Å². The smallest absolute Gasteiger partial charge is 0.136 e. The van der Waals surface area contributed by atoms with Crippen molar-refractivity contribution >= 4 is 5.78 Å². The van der Waals surface area contributed by atoms with Crippen LogP contribution in [0.15, 0.2) is 0 Å². The summed E-state index contributed by atoms with van der Waals surface area (Å²) in [7, 11) is 0. The number of rotatable bonds is 9. The minimum atomic E-state index is 0.412. The lowest BCUT2D eigenvalue weighted by Gasteiger charge is -2.13. The summed E-state index contributed by atoms with van der Waals surface area (Å²) in [6, 6.07) is 0. The van der Waals surface area contributed by atoms with Gasteiger partial charge in [0.25, 0.3) is 0 Å². The van der Waals surface area contributed by atoms with E-state index in [0.717, 1.165) is 19.3 Å². The molecule has 2 unspecified atom stereocenters. The Balaban J connectivity index is 1.97. The third kappa shape index (κ3) is 5.70. The molecule has 1 rings (SSSR count). The van der Waals surface area contributed by atoms with Gasteiger partial charge in [-0.25, -0.2) is 0 Å². The standard InChI is InChI=1S/C16H30O/c1-3-4-5-6-7-8-9-13-16(17)15-12-10-11-14(15)2/h14-15H,3-13H2,1-2H3. The van der Waals surface area contributed by atoms with Gasteiger partial charge < -0.3 is 0 Å². The van der Waals surface area contributed by atoms with Crippen molar-refractivity contribution < 1.29 is 4.79 Å². The molecular weight excluding hydrogens is 208 g/mol. The molecule has 2 atom stereocenters. The van der Waals surface area contributed by atoms with Gasteiger partial charge in [-0.15, -0.1) is 0 Å². The van der Waals surface area contributed by atoms with Crippen molar-refractivity contribution in [3.05, 3.63) is 0 Å². The van der Waals surface area contributed by atoms with Crippen molar-refractivity contribution in [3.63, 3.8) is 0 Å². The van der Waals surface area contributed by atoms with E-state index in [0.29, 0.717) is 17.6 Å². The number of ketones is 1. The summed E-state index contributed by atoms with van der Waals surface area (Å²) in [5.41, 5.74) is 0. The lowest BCUT2D eigenvalue weighted by Crippen LogP contribution is -2.16. The van der Waals surface area contributed by atoms with Crippen LogP contribution in [0.1, 0.15) is 84.5 Å². The van der Waals surface area contributed by atoms with E-state index >= 15 is 0 Å². The largest absolute Gasteiger partial charge is 0.299 e. The van der Waals surface area contributed by atoms with E-state index in [9.17, 15) is 4.79 Å². The van der Waals surface area contributed by atoms with E-state index in [4.69, 9.17) is 0 Å². The number of hydrogen-bond acceptors (Lipinski definition) is 1. The van der Waals surface area contributed by atoms with Crippen molar-refractivity contribution in [1.82, 2.24) is 0 Å².